The van der Waals surface area contributed by atoms with Gasteiger partial charge in [0.1, 0.15) is 11.9 Å². The maximum absolute atomic E-state index is 11.9. The molecule has 12 heteroatoms. The number of benzene rings is 1. The first-order chi connectivity index (χ1) is 14.1. The van der Waals surface area contributed by atoms with Crippen LogP contribution in [-0.2, 0) is 14.8 Å². The molecule has 2 atom stereocenters. The van der Waals surface area contributed by atoms with E-state index in [4.69, 9.17) is 23.2 Å². The van der Waals surface area contributed by atoms with Gasteiger partial charge < -0.3 is 14.6 Å². The zero-order valence-electron chi connectivity index (χ0n) is 15.7. The number of carbonyl (C=O) groups is 1. The highest BCUT2D eigenvalue weighted by molar-refractivity contribution is 7.88. The molecule has 0 aliphatic carbocycles. The van der Waals surface area contributed by atoms with E-state index in [2.05, 4.69) is 14.7 Å². The zero-order chi connectivity index (χ0) is 21.6. The van der Waals surface area contributed by atoms with Crippen LogP contribution in [0.5, 0.6) is 0 Å². The fourth-order valence-electron chi connectivity index (χ4n) is 3.68. The molecule has 4 rings (SSSR count). The summed E-state index contributed by atoms with van der Waals surface area (Å²) in [6.07, 6.45) is 6.11. The standard InChI is InChI=1S/C18H17Cl2N5O4S/c1-30(28,29)23-10-6-14(18(26)27)25(8-10)15-7-13(24-5-4-21-9-24)11-2-3-12(19)16(20)17(11)22-15/h2-5,7,9-10,14,23H,6,8H2,1H3,(H,26,27)/t10-,14+/m1/s1. The molecular weight excluding hydrogens is 453 g/mol. The number of aromatic nitrogens is 3. The highest BCUT2D eigenvalue weighted by Crippen LogP contribution is 2.36. The van der Waals surface area contributed by atoms with E-state index in [1.165, 1.54) is 0 Å². The Labute approximate surface area is 182 Å². The van der Waals surface area contributed by atoms with Crippen LogP contribution < -0.4 is 9.62 Å². The average molecular weight is 470 g/mol. The van der Waals surface area contributed by atoms with Gasteiger partial charge in [-0.15, -0.1) is 0 Å². The molecule has 0 radical (unpaired) electrons. The third-order valence-electron chi connectivity index (χ3n) is 4.88. The Hall–Kier alpha value is -2.40. The van der Waals surface area contributed by atoms with Crippen molar-refractivity contribution in [1.29, 1.82) is 0 Å². The Kier molecular flexibility index (Phi) is 5.35. The molecule has 0 saturated carbocycles. The maximum atomic E-state index is 11.9. The quantitative estimate of drug-likeness (QED) is 0.588. The third-order valence-corrected chi connectivity index (χ3v) is 6.44. The van der Waals surface area contributed by atoms with Crippen LogP contribution in [0.15, 0.2) is 36.9 Å². The van der Waals surface area contributed by atoms with Gasteiger partial charge in [-0.2, -0.15) is 0 Å². The van der Waals surface area contributed by atoms with Gasteiger partial charge in [-0.1, -0.05) is 23.2 Å². The number of anilines is 1. The molecule has 0 amide bonds. The summed E-state index contributed by atoms with van der Waals surface area (Å²) in [6.45, 7) is 0.143. The van der Waals surface area contributed by atoms with Gasteiger partial charge in [0.2, 0.25) is 10.0 Å². The van der Waals surface area contributed by atoms with Crippen LogP contribution >= 0.6 is 23.2 Å². The summed E-state index contributed by atoms with van der Waals surface area (Å²) in [5, 5.41) is 11.0. The maximum Gasteiger partial charge on any atom is 0.326 e. The smallest absolute Gasteiger partial charge is 0.326 e. The molecular formula is C18H17Cl2N5O4S. The minimum atomic E-state index is -3.49. The lowest BCUT2D eigenvalue weighted by Crippen LogP contribution is -2.38. The number of carboxylic acids is 1. The van der Waals surface area contributed by atoms with Gasteiger partial charge in [-0.25, -0.2) is 27.9 Å². The zero-order valence-corrected chi connectivity index (χ0v) is 18.0. The summed E-state index contributed by atoms with van der Waals surface area (Å²) in [6, 6.07) is 3.65. The number of halogens is 2. The van der Waals surface area contributed by atoms with Crippen LogP contribution in [0, 0.1) is 0 Å². The number of nitrogens with zero attached hydrogens (tertiary/aromatic N) is 4. The Morgan fingerprint density at radius 1 is 1.33 bits per heavy atom. The topological polar surface area (TPSA) is 117 Å². The second kappa shape index (κ2) is 7.69. The van der Waals surface area contributed by atoms with E-state index in [1.807, 2.05) is 0 Å². The Bertz CT molecular complexity index is 1230. The first kappa shape index (κ1) is 20.9. The highest BCUT2D eigenvalue weighted by atomic mass is 35.5. The number of aliphatic carboxylic acids is 1. The lowest BCUT2D eigenvalue weighted by atomic mass is 10.1. The summed E-state index contributed by atoms with van der Waals surface area (Å²) in [5.41, 5.74) is 1.10. The molecule has 0 unspecified atom stereocenters. The van der Waals surface area contributed by atoms with Crippen molar-refractivity contribution in [3.63, 3.8) is 0 Å². The van der Waals surface area contributed by atoms with Gasteiger partial charge in [-0.05, 0) is 18.6 Å². The monoisotopic (exact) mass is 469 g/mol. The minimum Gasteiger partial charge on any atom is -0.480 e. The largest absolute Gasteiger partial charge is 0.480 e. The van der Waals surface area contributed by atoms with E-state index in [0.717, 1.165) is 6.26 Å². The van der Waals surface area contributed by atoms with Crippen molar-refractivity contribution in [3.05, 3.63) is 47.0 Å². The van der Waals surface area contributed by atoms with Crippen LogP contribution in [0.4, 0.5) is 5.82 Å². The summed E-state index contributed by atoms with van der Waals surface area (Å²) >= 11 is 12.6. The normalized spacial score (nSPS) is 19.5. The number of fused-ring (bicyclic) bond motifs is 1. The lowest BCUT2D eigenvalue weighted by molar-refractivity contribution is -0.138. The Morgan fingerprint density at radius 3 is 2.73 bits per heavy atom. The van der Waals surface area contributed by atoms with Gasteiger partial charge in [0.15, 0.2) is 0 Å². The number of carboxylic acid groups (broad SMARTS) is 1. The Balaban J connectivity index is 1.87. The average Bonchev–Trinajstić information content (AvgIpc) is 3.33. The van der Waals surface area contributed by atoms with Gasteiger partial charge >= 0.3 is 5.97 Å². The number of pyridine rings is 1. The van der Waals surface area contributed by atoms with E-state index in [1.54, 1.807) is 46.4 Å². The van der Waals surface area contributed by atoms with Crippen molar-refractivity contribution in [2.75, 3.05) is 17.7 Å². The van der Waals surface area contributed by atoms with Crippen molar-refractivity contribution in [2.45, 2.75) is 18.5 Å². The third kappa shape index (κ3) is 3.95. The highest BCUT2D eigenvalue weighted by Gasteiger charge is 2.39. The van der Waals surface area contributed by atoms with Crippen molar-refractivity contribution < 1.29 is 18.3 Å². The first-order valence-electron chi connectivity index (χ1n) is 8.88. The van der Waals surface area contributed by atoms with Crippen LogP contribution in [0.25, 0.3) is 16.6 Å². The summed E-state index contributed by atoms with van der Waals surface area (Å²) in [7, 11) is -3.49. The van der Waals surface area contributed by atoms with E-state index < -0.39 is 28.1 Å². The molecule has 1 saturated heterocycles. The van der Waals surface area contributed by atoms with Crippen molar-refractivity contribution in [2.24, 2.45) is 0 Å². The van der Waals surface area contributed by atoms with Gasteiger partial charge in [0.05, 0.1) is 33.8 Å². The number of nitrogens with one attached hydrogen (secondary N) is 1. The van der Waals surface area contributed by atoms with Crippen molar-refractivity contribution in [3.8, 4) is 5.69 Å². The minimum absolute atomic E-state index is 0.103. The first-order valence-corrected chi connectivity index (χ1v) is 11.5. The molecule has 9 nitrogen and oxygen atoms in total. The molecule has 3 aromatic rings. The van der Waals surface area contributed by atoms with E-state index in [9.17, 15) is 18.3 Å². The molecule has 2 N–H and O–H groups in total. The predicted molar refractivity (Wildman–Crippen MR) is 114 cm³/mol. The SMILES string of the molecule is CS(=O)(=O)N[C@@H]1C[C@@H](C(=O)O)N(c2cc(-n3ccnc3)c3ccc(Cl)c(Cl)c3n2)C1. The molecule has 1 aliphatic rings. The molecule has 3 heterocycles. The molecule has 0 spiro atoms. The number of hydrogen-bond acceptors (Lipinski definition) is 6. The van der Waals surface area contributed by atoms with E-state index in [0.29, 0.717) is 27.4 Å². The van der Waals surface area contributed by atoms with Gasteiger partial charge in [-0.3, -0.25) is 0 Å². The number of sulfonamides is 1. The number of hydrogen-bond donors (Lipinski definition) is 2. The second-order valence-electron chi connectivity index (χ2n) is 7.06. The van der Waals surface area contributed by atoms with Crippen LogP contribution in [-0.4, -0.2) is 58.9 Å². The Morgan fingerprint density at radius 2 is 2.10 bits per heavy atom. The molecule has 2 aromatic heterocycles. The number of rotatable bonds is 5. The molecule has 1 aliphatic heterocycles. The predicted octanol–water partition coefficient (Wildman–Crippen LogP) is 2.31. The summed E-state index contributed by atoms with van der Waals surface area (Å²) < 4.78 is 27.5. The molecule has 30 heavy (non-hydrogen) atoms. The van der Waals surface area contributed by atoms with Gasteiger partial charge in [0.25, 0.3) is 0 Å². The van der Waals surface area contributed by atoms with Crippen molar-refractivity contribution in [1.82, 2.24) is 19.3 Å². The fraction of sp³-hybridized carbons (Fsp3) is 0.278. The molecule has 0 bridgehead atoms. The van der Waals surface area contributed by atoms with Crippen LogP contribution in [0.2, 0.25) is 10.0 Å². The number of imidazole rings is 1. The fourth-order valence-corrected chi connectivity index (χ4v) is 4.81. The van der Waals surface area contributed by atoms with Crippen molar-refractivity contribution >= 4 is 55.9 Å². The second-order valence-corrected chi connectivity index (χ2v) is 9.62. The van der Waals surface area contributed by atoms with Gasteiger partial charge in [0, 0.05) is 36.4 Å². The molecule has 158 valence electrons. The van der Waals surface area contributed by atoms with E-state index in [-0.39, 0.29) is 18.0 Å². The summed E-state index contributed by atoms with van der Waals surface area (Å²) in [4.78, 5) is 22.1. The van der Waals surface area contributed by atoms with Crippen LogP contribution in [0.1, 0.15) is 6.42 Å². The van der Waals surface area contributed by atoms with Crippen LogP contribution in [0.3, 0.4) is 0 Å². The van der Waals surface area contributed by atoms with E-state index >= 15 is 0 Å². The lowest BCUT2D eigenvalue weighted by Gasteiger charge is -2.24. The molecule has 1 fully saturated rings. The molecule has 1 aromatic carbocycles. The summed E-state index contributed by atoms with van der Waals surface area (Å²) in [5.74, 6) is -0.725.